The molecule has 0 bridgehead atoms. The van der Waals surface area contributed by atoms with Gasteiger partial charge < -0.3 is 5.32 Å². The Morgan fingerprint density at radius 1 is 1.45 bits per heavy atom. The first-order chi connectivity index (χ1) is 9.63. The Hall–Kier alpha value is -1.89. The van der Waals surface area contributed by atoms with Gasteiger partial charge in [0.15, 0.2) is 5.82 Å². The van der Waals surface area contributed by atoms with Gasteiger partial charge in [0.2, 0.25) is 0 Å². The van der Waals surface area contributed by atoms with Crippen LogP contribution in [0.5, 0.6) is 0 Å². The van der Waals surface area contributed by atoms with Crippen LogP contribution in [-0.2, 0) is 12.8 Å². The topological polar surface area (TPSA) is 90.6 Å². The Bertz CT molecular complexity index is 661. The molecule has 1 atom stereocenters. The molecular formula is C13H16N4O2S. The maximum absolute atomic E-state index is 12.2. The normalized spacial score (nSPS) is 15.7. The lowest BCUT2D eigenvalue weighted by atomic mass is 9.99. The average molecular weight is 292 g/mol. The van der Waals surface area contributed by atoms with Gasteiger partial charge in [0.25, 0.3) is 5.91 Å². The molecule has 106 valence electrons. The fraction of sp³-hybridized carbons (Fsp3) is 0.462. The zero-order valence-electron chi connectivity index (χ0n) is 11.2. The minimum absolute atomic E-state index is 0.110. The summed E-state index contributed by atoms with van der Waals surface area (Å²) in [5.41, 5.74) is 0.944. The summed E-state index contributed by atoms with van der Waals surface area (Å²) in [6.07, 6.45) is 4.56. The molecule has 0 saturated carbocycles. The maximum Gasteiger partial charge on any atom is 0.340 e. The van der Waals surface area contributed by atoms with Gasteiger partial charge in [-0.15, -0.1) is 11.3 Å². The highest BCUT2D eigenvalue weighted by Crippen LogP contribution is 2.29. The van der Waals surface area contributed by atoms with E-state index in [0.29, 0.717) is 5.82 Å². The first-order valence-corrected chi connectivity index (χ1v) is 7.52. The summed E-state index contributed by atoms with van der Waals surface area (Å²) in [4.78, 5) is 27.8. The summed E-state index contributed by atoms with van der Waals surface area (Å²) < 4.78 is 0. The van der Waals surface area contributed by atoms with E-state index in [-0.39, 0.29) is 17.6 Å². The van der Waals surface area contributed by atoms with E-state index in [1.54, 1.807) is 18.3 Å². The Kier molecular flexibility index (Phi) is 3.43. The molecule has 3 N–H and O–H groups in total. The van der Waals surface area contributed by atoms with Crippen molar-refractivity contribution in [3.05, 3.63) is 37.7 Å². The number of carbonyl (C=O) groups excluding carboxylic acids is 1. The van der Waals surface area contributed by atoms with Crippen molar-refractivity contribution in [3.63, 3.8) is 0 Å². The number of thiophene rings is 1. The van der Waals surface area contributed by atoms with Crippen molar-refractivity contribution < 1.29 is 4.79 Å². The molecular weight excluding hydrogens is 276 g/mol. The highest BCUT2D eigenvalue weighted by Gasteiger charge is 2.19. The third kappa shape index (κ3) is 2.53. The van der Waals surface area contributed by atoms with Crippen molar-refractivity contribution in [2.24, 2.45) is 0 Å². The van der Waals surface area contributed by atoms with Gasteiger partial charge in [-0.1, -0.05) is 0 Å². The number of H-pyrrole nitrogens is 2. The molecule has 0 aromatic carbocycles. The second-order valence-electron chi connectivity index (χ2n) is 5.02. The fourth-order valence-corrected chi connectivity index (χ4v) is 3.58. The number of nitrogens with zero attached hydrogens (tertiary/aromatic N) is 1. The van der Waals surface area contributed by atoms with Gasteiger partial charge >= 0.3 is 5.69 Å². The second kappa shape index (κ2) is 5.24. The second-order valence-corrected chi connectivity index (χ2v) is 6.16. The Labute approximate surface area is 119 Å². The van der Waals surface area contributed by atoms with Crippen LogP contribution in [0.15, 0.2) is 10.9 Å². The molecule has 1 aliphatic rings. The molecule has 20 heavy (non-hydrogen) atoms. The number of carbonyl (C=O) groups is 1. The Morgan fingerprint density at radius 3 is 2.95 bits per heavy atom. The SMILES string of the molecule is CC(NC(=O)c1cc2c(s1)CCCC2)c1n[nH]c(=O)[nH]1. The number of fused-ring (bicyclic) bond motifs is 1. The lowest BCUT2D eigenvalue weighted by Gasteiger charge is -2.09. The van der Waals surface area contributed by atoms with Crippen molar-refractivity contribution >= 4 is 17.2 Å². The van der Waals surface area contributed by atoms with Crippen LogP contribution in [0.2, 0.25) is 0 Å². The smallest absolute Gasteiger partial charge is 0.340 e. The van der Waals surface area contributed by atoms with Gasteiger partial charge in [0.05, 0.1) is 10.9 Å². The lowest BCUT2D eigenvalue weighted by molar-refractivity contribution is 0.0942. The van der Waals surface area contributed by atoms with E-state index in [4.69, 9.17) is 0 Å². The van der Waals surface area contributed by atoms with Crippen LogP contribution < -0.4 is 11.0 Å². The van der Waals surface area contributed by atoms with Gasteiger partial charge in [-0.25, -0.2) is 9.89 Å². The molecule has 2 heterocycles. The zero-order valence-corrected chi connectivity index (χ0v) is 12.0. The molecule has 0 radical (unpaired) electrons. The van der Waals surface area contributed by atoms with Crippen molar-refractivity contribution in [3.8, 4) is 0 Å². The van der Waals surface area contributed by atoms with E-state index in [1.165, 1.54) is 23.3 Å². The zero-order chi connectivity index (χ0) is 14.1. The lowest BCUT2D eigenvalue weighted by Crippen LogP contribution is -2.27. The van der Waals surface area contributed by atoms with Crippen LogP contribution in [0.3, 0.4) is 0 Å². The van der Waals surface area contributed by atoms with Crippen LogP contribution in [0.4, 0.5) is 0 Å². The van der Waals surface area contributed by atoms with Crippen LogP contribution in [-0.4, -0.2) is 21.1 Å². The van der Waals surface area contributed by atoms with Crippen LogP contribution >= 0.6 is 11.3 Å². The molecule has 2 aromatic heterocycles. The summed E-state index contributed by atoms with van der Waals surface area (Å²) in [5, 5.41) is 8.97. The summed E-state index contributed by atoms with van der Waals surface area (Å²) in [7, 11) is 0. The molecule has 0 spiro atoms. The van der Waals surface area contributed by atoms with Crippen molar-refractivity contribution in [1.29, 1.82) is 0 Å². The van der Waals surface area contributed by atoms with Crippen molar-refractivity contribution in [2.75, 3.05) is 0 Å². The Balaban J connectivity index is 1.72. The molecule has 0 fully saturated rings. The first kappa shape index (κ1) is 13.1. The third-order valence-corrected chi connectivity index (χ3v) is 4.73. The van der Waals surface area contributed by atoms with Crippen LogP contribution in [0, 0.1) is 0 Å². The van der Waals surface area contributed by atoms with Crippen molar-refractivity contribution in [1.82, 2.24) is 20.5 Å². The number of aromatic amines is 2. The van der Waals surface area contributed by atoms with E-state index in [2.05, 4.69) is 20.5 Å². The molecule has 6 nitrogen and oxygen atoms in total. The fourth-order valence-electron chi connectivity index (χ4n) is 2.43. The summed E-state index contributed by atoms with van der Waals surface area (Å²) in [5.74, 6) is 0.324. The van der Waals surface area contributed by atoms with Gasteiger partial charge in [-0.2, -0.15) is 5.10 Å². The van der Waals surface area contributed by atoms with Gasteiger partial charge in [0.1, 0.15) is 0 Å². The highest BCUT2D eigenvalue weighted by atomic mass is 32.1. The molecule has 0 saturated heterocycles. The molecule has 3 rings (SSSR count). The molecule has 1 amide bonds. The third-order valence-electron chi connectivity index (χ3n) is 3.50. The number of amides is 1. The highest BCUT2D eigenvalue weighted by molar-refractivity contribution is 7.14. The minimum Gasteiger partial charge on any atom is -0.342 e. The number of rotatable bonds is 3. The Morgan fingerprint density at radius 2 is 2.25 bits per heavy atom. The number of hydrogen-bond acceptors (Lipinski definition) is 4. The first-order valence-electron chi connectivity index (χ1n) is 6.70. The van der Waals surface area contributed by atoms with E-state index in [1.807, 2.05) is 6.07 Å². The van der Waals surface area contributed by atoms with E-state index in [0.717, 1.165) is 17.7 Å². The molecule has 1 aliphatic carbocycles. The number of aryl methyl sites for hydroxylation is 2. The predicted molar refractivity (Wildman–Crippen MR) is 76.1 cm³/mol. The van der Waals surface area contributed by atoms with Gasteiger partial charge in [-0.3, -0.25) is 9.78 Å². The van der Waals surface area contributed by atoms with E-state index >= 15 is 0 Å². The van der Waals surface area contributed by atoms with E-state index in [9.17, 15) is 9.59 Å². The number of aromatic nitrogens is 3. The summed E-state index contributed by atoms with van der Waals surface area (Å²) in [6.45, 7) is 1.79. The predicted octanol–water partition coefficient (Wildman–Crippen LogP) is 1.53. The molecule has 2 aromatic rings. The van der Waals surface area contributed by atoms with Crippen LogP contribution in [0.25, 0.3) is 0 Å². The number of hydrogen-bond donors (Lipinski definition) is 3. The number of nitrogens with one attached hydrogen (secondary N) is 3. The van der Waals surface area contributed by atoms with Crippen LogP contribution in [0.1, 0.15) is 51.7 Å². The quantitative estimate of drug-likeness (QED) is 0.801. The summed E-state index contributed by atoms with van der Waals surface area (Å²) >= 11 is 1.57. The summed E-state index contributed by atoms with van der Waals surface area (Å²) in [6, 6.07) is 1.66. The van der Waals surface area contributed by atoms with Crippen molar-refractivity contribution in [2.45, 2.75) is 38.6 Å². The molecule has 0 aliphatic heterocycles. The van der Waals surface area contributed by atoms with Gasteiger partial charge in [-0.05, 0) is 44.2 Å². The standard InChI is InChI=1S/C13H16N4O2S/c1-7(11-15-13(19)17-16-11)14-12(18)10-6-8-4-2-3-5-9(8)20-10/h6-7H,2-5H2,1H3,(H,14,18)(H2,15,16,17,19). The minimum atomic E-state index is -0.368. The maximum atomic E-state index is 12.2. The molecule has 7 heteroatoms. The largest absolute Gasteiger partial charge is 0.342 e. The molecule has 1 unspecified atom stereocenters. The average Bonchev–Trinajstić information content (AvgIpc) is 3.04. The van der Waals surface area contributed by atoms with E-state index < -0.39 is 0 Å². The van der Waals surface area contributed by atoms with Gasteiger partial charge in [0, 0.05) is 4.88 Å². The monoisotopic (exact) mass is 292 g/mol.